The van der Waals surface area contributed by atoms with E-state index in [1.54, 1.807) is 11.0 Å². The Balaban J connectivity index is 2.00. The van der Waals surface area contributed by atoms with Gasteiger partial charge in [-0.25, -0.2) is 0 Å². The molecule has 8 nitrogen and oxygen atoms in total. The van der Waals surface area contributed by atoms with Gasteiger partial charge in [-0.05, 0) is 58.8 Å². The highest BCUT2D eigenvalue weighted by molar-refractivity contribution is 5.98. The van der Waals surface area contributed by atoms with Crippen LogP contribution in [-0.4, -0.2) is 81.8 Å². The molecule has 2 bridgehead atoms. The number of carbonyl (C=O) groups excluding carboxylic acids is 3. The number of hydrogen-bond acceptors (Lipinski definition) is 6. The normalized spacial score (nSPS) is 29.9. The number of esters is 1. The summed E-state index contributed by atoms with van der Waals surface area (Å²) in [5, 5.41) is 10.3. The van der Waals surface area contributed by atoms with Crippen molar-refractivity contribution in [2.75, 3.05) is 19.8 Å². The van der Waals surface area contributed by atoms with Crippen molar-refractivity contribution in [2.24, 2.45) is 17.8 Å². The number of amides is 2. The second kappa shape index (κ2) is 11.1. The van der Waals surface area contributed by atoms with Gasteiger partial charge >= 0.3 is 5.97 Å². The first-order valence-corrected chi connectivity index (χ1v) is 13.3. The minimum Gasteiger partial charge on any atom is -0.465 e. The van der Waals surface area contributed by atoms with Crippen LogP contribution in [0.3, 0.4) is 0 Å². The topological polar surface area (TPSA) is 96.4 Å². The van der Waals surface area contributed by atoms with Crippen LogP contribution in [0.2, 0.25) is 0 Å². The average Bonchev–Trinajstić information content (AvgIpc) is 3.44. The third kappa shape index (κ3) is 4.86. The number of fused-ring (bicyclic) bond motifs is 1. The quantitative estimate of drug-likeness (QED) is 0.249. The van der Waals surface area contributed by atoms with Crippen molar-refractivity contribution in [3.8, 4) is 0 Å². The van der Waals surface area contributed by atoms with Crippen LogP contribution in [0.4, 0.5) is 0 Å². The van der Waals surface area contributed by atoms with E-state index in [4.69, 9.17) is 9.47 Å². The van der Waals surface area contributed by atoms with E-state index in [-0.39, 0.29) is 30.9 Å². The van der Waals surface area contributed by atoms with Gasteiger partial charge < -0.3 is 24.4 Å². The Morgan fingerprint density at radius 1 is 1.28 bits per heavy atom. The molecule has 3 saturated heterocycles. The molecule has 202 valence electrons. The Morgan fingerprint density at radius 2 is 1.97 bits per heavy atom. The third-order valence-electron chi connectivity index (χ3n) is 7.99. The van der Waals surface area contributed by atoms with Gasteiger partial charge in [0.05, 0.1) is 37.2 Å². The van der Waals surface area contributed by atoms with Crippen LogP contribution in [0.1, 0.15) is 66.7 Å². The van der Waals surface area contributed by atoms with E-state index in [0.29, 0.717) is 19.4 Å². The summed E-state index contributed by atoms with van der Waals surface area (Å²) in [6.07, 6.45) is 6.58. The Hall–Kier alpha value is -2.19. The molecular formula is C28H44N2O6. The Kier molecular flexibility index (Phi) is 8.71. The molecule has 0 aliphatic carbocycles. The molecular weight excluding hydrogens is 460 g/mol. The zero-order valence-electron chi connectivity index (χ0n) is 22.6. The van der Waals surface area contributed by atoms with Crippen LogP contribution in [-0.2, 0) is 23.9 Å². The summed E-state index contributed by atoms with van der Waals surface area (Å²) in [4.78, 5) is 44.8. The van der Waals surface area contributed by atoms with Crippen LogP contribution in [0.25, 0.3) is 0 Å². The molecule has 3 heterocycles. The van der Waals surface area contributed by atoms with E-state index in [2.05, 4.69) is 13.2 Å². The highest BCUT2D eigenvalue weighted by Crippen LogP contribution is 2.59. The number of aliphatic hydroxyl groups excluding tert-OH is 1. The van der Waals surface area contributed by atoms with Crippen LogP contribution in [0.5, 0.6) is 0 Å². The minimum absolute atomic E-state index is 0.0978. The molecule has 36 heavy (non-hydrogen) atoms. The molecule has 3 rings (SSSR count). The van der Waals surface area contributed by atoms with E-state index >= 15 is 0 Å². The first-order valence-electron chi connectivity index (χ1n) is 13.3. The van der Waals surface area contributed by atoms with Gasteiger partial charge in [0.1, 0.15) is 11.6 Å². The SMILES string of the molecule is C=CCCCCOC(=O)[C@@H]1[C@@H]2CCC3(O2)C(C(=O)N(CC=C)C(C)(C)C)N([C@@H](CO)C(C)C)C(=O)[C@H]13. The van der Waals surface area contributed by atoms with Crippen molar-refractivity contribution in [1.29, 1.82) is 0 Å². The zero-order chi connectivity index (χ0) is 26.8. The third-order valence-corrected chi connectivity index (χ3v) is 7.99. The van der Waals surface area contributed by atoms with Crippen molar-refractivity contribution in [3.63, 3.8) is 0 Å². The van der Waals surface area contributed by atoms with Gasteiger partial charge in [0.15, 0.2) is 0 Å². The summed E-state index contributed by atoms with van der Waals surface area (Å²) in [6, 6.07) is -1.50. The lowest BCUT2D eigenvalue weighted by molar-refractivity contribution is -0.158. The maximum Gasteiger partial charge on any atom is 0.312 e. The summed E-state index contributed by atoms with van der Waals surface area (Å²) < 4.78 is 12.1. The van der Waals surface area contributed by atoms with Gasteiger partial charge in [-0.1, -0.05) is 26.0 Å². The number of likely N-dealkylation sites (tertiary alicyclic amines) is 1. The Labute approximate surface area is 215 Å². The number of unbranched alkanes of at least 4 members (excludes halogenated alkanes) is 2. The monoisotopic (exact) mass is 504 g/mol. The number of hydrogen-bond donors (Lipinski definition) is 1. The maximum absolute atomic E-state index is 14.3. The first-order chi connectivity index (χ1) is 17.0. The van der Waals surface area contributed by atoms with Crippen LogP contribution in [0, 0.1) is 17.8 Å². The van der Waals surface area contributed by atoms with Crippen LogP contribution in [0.15, 0.2) is 25.3 Å². The highest BCUT2D eigenvalue weighted by atomic mass is 16.6. The van der Waals surface area contributed by atoms with Crippen molar-refractivity contribution >= 4 is 17.8 Å². The molecule has 2 unspecified atom stereocenters. The number of rotatable bonds is 12. The fraction of sp³-hybridized carbons (Fsp3) is 0.750. The molecule has 3 aliphatic rings. The molecule has 0 aromatic carbocycles. The van der Waals surface area contributed by atoms with Crippen LogP contribution < -0.4 is 0 Å². The number of carbonyl (C=O) groups is 3. The Bertz CT molecular complexity index is 865. The predicted molar refractivity (Wildman–Crippen MR) is 137 cm³/mol. The van der Waals surface area contributed by atoms with Crippen molar-refractivity contribution in [3.05, 3.63) is 25.3 Å². The summed E-state index contributed by atoms with van der Waals surface area (Å²) in [5.41, 5.74) is -1.64. The smallest absolute Gasteiger partial charge is 0.312 e. The van der Waals surface area contributed by atoms with E-state index in [1.807, 2.05) is 40.7 Å². The van der Waals surface area contributed by atoms with E-state index in [1.165, 1.54) is 4.90 Å². The molecule has 6 atom stereocenters. The molecule has 0 radical (unpaired) electrons. The van der Waals surface area contributed by atoms with Gasteiger partial charge in [-0.2, -0.15) is 0 Å². The molecule has 3 aliphatic heterocycles. The number of aliphatic hydroxyl groups is 1. The van der Waals surface area contributed by atoms with Crippen LogP contribution >= 0.6 is 0 Å². The number of allylic oxidation sites excluding steroid dienone is 1. The standard InChI is InChI=1S/C28H44N2O6/c1-8-10-11-12-16-35-26(34)21-20-13-14-28(36-20)22(21)24(32)30(19(17-31)18(3)4)23(28)25(33)29(15-9-2)27(5,6)7/h8-9,18-23,31H,1-2,10-17H2,3-7H3/t19-,20-,21+,22-,23?,28?/m0/s1. The molecule has 0 aromatic heterocycles. The van der Waals surface area contributed by atoms with Gasteiger partial charge in [0, 0.05) is 12.1 Å². The lowest BCUT2D eigenvalue weighted by atomic mass is 9.70. The minimum atomic E-state index is -1.11. The molecule has 3 fully saturated rings. The van der Waals surface area contributed by atoms with E-state index in [0.717, 1.165) is 19.3 Å². The summed E-state index contributed by atoms with van der Waals surface area (Å²) in [7, 11) is 0. The largest absolute Gasteiger partial charge is 0.465 e. The molecule has 2 amide bonds. The van der Waals surface area contributed by atoms with Crippen molar-refractivity contribution in [1.82, 2.24) is 9.80 Å². The zero-order valence-corrected chi connectivity index (χ0v) is 22.6. The van der Waals surface area contributed by atoms with E-state index < -0.39 is 47.1 Å². The predicted octanol–water partition coefficient (Wildman–Crippen LogP) is 3.09. The highest BCUT2D eigenvalue weighted by Gasteiger charge is 2.76. The van der Waals surface area contributed by atoms with Gasteiger partial charge in [-0.3, -0.25) is 14.4 Å². The lowest BCUT2D eigenvalue weighted by Gasteiger charge is -2.44. The van der Waals surface area contributed by atoms with Crippen molar-refractivity contribution < 1.29 is 29.0 Å². The fourth-order valence-corrected chi connectivity index (χ4v) is 6.25. The van der Waals surface area contributed by atoms with Gasteiger partial charge in [-0.15, -0.1) is 13.2 Å². The van der Waals surface area contributed by atoms with E-state index in [9.17, 15) is 19.5 Å². The second-order valence-electron chi connectivity index (χ2n) is 11.7. The molecule has 1 spiro atoms. The average molecular weight is 505 g/mol. The van der Waals surface area contributed by atoms with Gasteiger partial charge in [0.2, 0.25) is 11.8 Å². The molecule has 1 N–H and O–H groups in total. The first kappa shape index (κ1) is 28.4. The lowest BCUT2D eigenvalue weighted by Crippen LogP contribution is -2.62. The summed E-state index contributed by atoms with van der Waals surface area (Å²) in [6.45, 7) is 17.5. The number of ether oxygens (including phenoxy) is 2. The summed E-state index contributed by atoms with van der Waals surface area (Å²) >= 11 is 0. The summed E-state index contributed by atoms with van der Waals surface area (Å²) in [5.74, 6) is -2.63. The maximum atomic E-state index is 14.3. The fourth-order valence-electron chi connectivity index (χ4n) is 6.25. The molecule has 8 heteroatoms. The Morgan fingerprint density at radius 3 is 2.53 bits per heavy atom. The second-order valence-corrected chi connectivity index (χ2v) is 11.7. The van der Waals surface area contributed by atoms with Crippen molar-refractivity contribution in [2.45, 2.75) is 96.1 Å². The molecule has 0 saturated carbocycles. The molecule has 0 aromatic rings. The number of nitrogens with zero attached hydrogens (tertiary/aromatic N) is 2. The van der Waals surface area contributed by atoms with Gasteiger partial charge in [0.25, 0.3) is 0 Å².